The Hall–Kier alpha value is -3.01. The molecule has 0 aromatic heterocycles. The normalized spacial score (nSPS) is 16.0. The smallest absolute Gasteiger partial charge is 0.259 e. The minimum atomic E-state index is -3.98. The number of amides is 2. The minimum Gasteiger partial charge on any atom is -0.322 e. The van der Waals surface area contributed by atoms with E-state index < -0.39 is 27.9 Å². The summed E-state index contributed by atoms with van der Waals surface area (Å²) in [6, 6.07) is 18.8. The molecule has 1 atom stereocenters. The zero-order valence-electron chi connectivity index (χ0n) is 15.4. The van der Waals surface area contributed by atoms with E-state index in [1.807, 2.05) is 6.07 Å². The van der Waals surface area contributed by atoms with Crippen LogP contribution in [0.5, 0.6) is 0 Å². The fourth-order valence-corrected chi connectivity index (χ4v) is 4.32. The van der Waals surface area contributed by atoms with Crippen LogP contribution in [0.4, 0.5) is 11.4 Å². The third-order valence-corrected chi connectivity index (χ3v) is 6.13. The molecular weight excluding hydrogens is 470 g/mol. The van der Waals surface area contributed by atoms with Gasteiger partial charge in [-0.3, -0.25) is 14.5 Å². The number of halogens is 1. The highest BCUT2D eigenvalue weighted by molar-refractivity contribution is 9.10. The van der Waals surface area contributed by atoms with Gasteiger partial charge in [-0.15, -0.1) is 0 Å². The summed E-state index contributed by atoms with van der Waals surface area (Å²) in [5.74, 6) is -0.853. The van der Waals surface area contributed by atoms with Crippen molar-refractivity contribution in [2.45, 2.75) is 10.9 Å². The van der Waals surface area contributed by atoms with Gasteiger partial charge < -0.3 is 5.32 Å². The van der Waals surface area contributed by atoms with E-state index in [9.17, 15) is 18.0 Å². The van der Waals surface area contributed by atoms with Crippen molar-refractivity contribution in [1.82, 2.24) is 0 Å². The third-order valence-electron chi connectivity index (χ3n) is 4.73. The maximum atomic E-state index is 13.5. The molecule has 0 radical (unpaired) electrons. The van der Waals surface area contributed by atoms with Gasteiger partial charge in [-0.1, -0.05) is 52.3 Å². The van der Waals surface area contributed by atoms with Gasteiger partial charge in [0.15, 0.2) is 0 Å². The molecule has 0 fully saturated rings. The number of benzene rings is 3. The number of hydrogen-bond acceptors (Lipinski definition) is 4. The van der Waals surface area contributed by atoms with Crippen molar-refractivity contribution in [3.63, 3.8) is 0 Å². The number of rotatable bonds is 3. The Labute approximate surface area is 181 Å². The third kappa shape index (κ3) is 3.74. The number of primary sulfonamides is 1. The van der Waals surface area contributed by atoms with Crippen LogP contribution in [-0.4, -0.2) is 20.2 Å². The summed E-state index contributed by atoms with van der Waals surface area (Å²) in [6.45, 7) is 0. The lowest BCUT2D eigenvalue weighted by Crippen LogP contribution is -2.45. The number of hydrogen-bond donors (Lipinski definition) is 2. The Morgan fingerprint density at radius 1 is 1.00 bits per heavy atom. The molecule has 4 rings (SSSR count). The number of nitrogens with one attached hydrogen (secondary N) is 1. The number of nitrogens with two attached hydrogens (primary N) is 1. The molecule has 1 aliphatic rings. The monoisotopic (exact) mass is 485 g/mol. The van der Waals surface area contributed by atoms with Gasteiger partial charge in [0.25, 0.3) is 11.8 Å². The van der Waals surface area contributed by atoms with Crippen LogP contribution in [0.1, 0.15) is 22.0 Å². The summed E-state index contributed by atoms with van der Waals surface area (Å²) < 4.78 is 24.2. The van der Waals surface area contributed by atoms with E-state index in [0.29, 0.717) is 16.8 Å². The van der Waals surface area contributed by atoms with Crippen molar-refractivity contribution in [3.8, 4) is 0 Å². The lowest BCUT2D eigenvalue weighted by Gasteiger charge is -2.37. The zero-order chi connectivity index (χ0) is 21.5. The molecule has 1 unspecified atom stereocenters. The molecule has 0 aliphatic carbocycles. The van der Waals surface area contributed by atoms with Crippen LogP contribution < -0.4 is 15.4 Å². The molecule has 30 heavy (non-hydrogen) atoms. The van der Waals surface area contributed by atoms with Crippen LogP contribution in [0, 0.1) is 0 Å². The van der Waals surface area contributed by atoms with E-state index in [1.165, 1.54) is 23.1 Å². The van der Waals surface area contributed by atoms with Gasteiger partial charge in [0.2, 0.25) is 10.0 Å². The first-order valence-corrected chi connectivity index (χ1v) is 11.2. The van der Waals surface area contributed by atoms with Gasteiger partial charge in [0.05, 0.1) is 16.3 Å². The molecule has 0 saturated carbocycles. The molecule has 152 valence electrons. The quantitative estimate of drug-likeness (QED) is 0.591. The Morgan fingerprint density at radius 2 is 1.73 bits per heavy atom. The number of sulfonamides is 1. The van der Waals surface area contributed by atoms with Crippen LogP contribution in [0.3, 0.4) is 0 Å². The molecule has 2 amide bonds. The average Bonchev–Trinajstić information content (AvgIpc) is 2.71. The van der Waals surface area contributed by atoms with E-state index in [2.05, 4.69) is 21.2 Å². The van der Waals surface area contributed by atoms with Crippen molar-refractivity contribution in [1.29, 1.82) is 0 Å². The molecule has 0 spiro atoms. The first-order valence-electron chi connectivity index (χ1n) is 8.87. The Bertz CT molecular complexity index is 1260. The van der Waals surface area contributed by atoms with Crippen molar-refractivity contribution >= 4 is 49.1 Å². The maximum Gasteiger partial charge on any atom is 0.259 e. The number of carbonyl (C=O) groups is 2. The topological polar surface area (TPSA) is 110 Å². The lowest BCUT2D eigenvalue weighted by atomic mass is 9.99. The summed E-state index contributed by atoms with van der Waals surface area (Å²) in [7, 11) is -3.98. The summed E-state index contributed by atoms with van der Waals surface area (Å²) in [6.07, 6.45) is 0. The van der Waals surface area contributed by atoms with E-state index in [0.717, 1.165) is 4.47 Å². The Kier molecular flexibility index (Phi) is 5.19. The van der Waals surface area contributed by atoms with E-state index >= 15 is 0 Å². The molecule has 1 heterocycles. The molecule has 3 aromatic carbocycles. The molecule has 1 aliphatic heterocycles. The molecule has 9 heteroatoms. The van der Waals surface area contributed by atoms with Crippen LogP contribution in [-0.2, 0) is 14.8 Å². The standard InChI is InChI=1S/C21H16BrN3O4S/c22-15-8-4-7-14(11-15)21(27)25-18-10-9-16(30(23,28)29)12-17(18)24-20(26)19(25)13-5-2-1-3-6-13/h1-12,19H,(H,24,26)(H2,23,28,29). The first-order chi connectivity index (χ1) is 14.3. The first kappa shape index (κ1) is 20.3. The summed E-state index contributed by atoms with van der Waals surface area (Å²) >= 11 is 3.36. The second-order valence-electron chi connectivity index (χ2n) is 6.71. The molecule has 3 aromatic rings. The summed E-state index contributed by atoms with van der Waals surface area (Å²) in [5.41, 5.74) is 1.57. The highest BCUT2D eigenvalue weighted by atomic mass is 79.9. The van der Waals surface area contributed by atoms with Crippen molar-refractivity contribution in [2.75, 3.05) is 10.2 Å². The Balaban J connectivity index is 1.91. The van der Waals surface area contributed by atoms with Crippen LogP contribution >= 0.6 is 15.9 Å². The molecular formula is C21H16BrN3O4S. The predicted molar refractivity (Wildman–Crippen MR) is 117 cm³/mol. The predicted octanol–water partition coefficient (Wildman–Crippen LogP) is 3.44. The minimum absolute atomic E-state index is 0.158. The fourth-order valence-electron chi connectivity index (χ4n) is 3.38. The van der Waals surface area contributed by atoms with Gasteiger partial charge in [0.1, 0.15) is 6.04 Å². The maximum absolute atomic E-state index is 13.5. The number of nitrogens with zero attached hydrogens (tertiary/aromatic N) is 1. The lowest BCUT2D eigenvalue weighted by molar-refractivity contribution is -0.117. The van der Waals surface area contributed by atoms with E-state index in [-0.39, 0.29) is 10.6 Å². The summed E-state index contributed by atoms with van der Waals surface area (Å²) in [4.78, 5) is 27.8. The van der Waals surface area contributed by atoms with Gasteiger partial charge in [0, 0.05) is 10.0 Å². The largest absolute Gasteiger partial charge is 0.322 e. The van der Waals surface area contributed by atoms with Gasteiger partial charge in [-0.05, 0) is 42.0 Å². The zero-order valence-corrected chi connectivity index (χ0v) is 17.9. The van der Waals surface area contributed by atoms with Crippen LogP contribution in [0.15, 0.2) is 82.2 Å². The highest BCUT2D eigenvalue weighted by Gasteiger charge is 2.38. The number of carbonyl (C=O) groups excluding carboxylic acids is 2. The van der Waals surface area contributed by atoms with Crippen molar-refractivity contribution in [3.05, 3.63) is 88.4 Å². The van der Waals surface area contributed by atoms with Crippen molar-refractivity contribution < 1.29 is 18.0 Å². The number of fused-ring (bicyclic) bond motifs is 1. The van der Waals surface area contributed by atoms with E-state index in [1.54, 1.807) is 48.5 Å². The van der Waals surface area contributed by atoms with Gasteiger partial charge in [-0.2, -0.15) is 0 Å². The fraction of sp³-hybridized carbons (Fsp3) is 0.0476. The Morgan fingerprint density at radius 3 is 2.40 bits per heavy atom. The second-order valence-corrected chi connectivity index (χ2v) is 9.19. The van der Waals surface area contributed by atoms with Crippen LogP contribution in [0.2, 0.25) is 0 Å². The van der Waals surface area contributed by atoms with Crippen molar-refractivity contribution in [2.24, 2.45) is 5.14 Å². The molecule has 0 bridgehead atoms. The average molecular weight is 486 g/mol. The van der Waals surface area contributed by atoms with E-state index in [4.69, 9.17) is 5.14 Å². The SMILES string of the molecule is NS(=O)(=O)c1ccc2c(c1)NC(=O)C(c1ccccc1)N2C(=O)c1cccc(Br)c1. The second kappa shape index (κ2) is 7.67. The number of anilines is 2. The molecule has 3 N–H and O–H groups in total. The van der Waals surface area contributed by atoms with Gasteiger partial charge in [-0.25, -0.2) is 13.6 Å². The van der Waals surface area contributed by atoms with Gasteiger partial charge >= 0.3 is 0 Å². The van der Waals surface area contributed by atoms with Crippen LogP contribution in [0.25, 0.3) is 0 Å². The summed E-state index contributed by atoms with van der Waals surface area (Å²) in [5, 5.41) is 7.93. The molecule has 7 nitrogen and oxygen atoms in total. The highest BCUT2D eigenvalue weighted by Crippen LogP contribution is 2.40. The molecule has 0 saturated heterocycles.